The quantitative estimate of drug-likeness (QED) is 0.804. The van der Waals surface area contributed by atoms with Gasteiger partial charge >= 0.3 is 0 Å². The van der Waals surface area contributed by atoms with Crippen LogP contribution in [0.15, 0.2) is 48.5 Å². The first-order chi connectivity index (χ1) is 11.6. The molecule has 2 aromatic carbocycles. The Bertz CT molecular complexity index is 687. The van der Waals surface area contributed by atoms with Crippen molar-refractivity contribution in [2.24, 2.45) is 0 Å². The van der Waals surface area contributed by atoms with Crippen LogP contribution in [0.3, 0.4) is 0 Å². The second kappa shape index (κ2) is 9.08. The molecule has 0 fully saturated rings. The van der Waals surface area contributed by atoms with E-state index >= 15 is 0 Å². The van der Waals surface area contributed by atoms with Crippen LogP contribution in [0.4, 0.5) is 15.8 Å². The van der Waals surface area contributed by atoms with Gasteiger partial charge in [-0.3, -0.25) is 9.59 Å². The number of rotatable bonds is 7. The Labute approximate surface area is 144 Å². The van der Waals surface area contributed by atoms with E-state index in [1.165, 1.54) is 41.6 Å². The molecule has 6 heteroatoms. The fraction of sp³-hybridized carbons (Fsp3) is 0.222. The molecule has 0 atom stereocenters. The molecule has 24 heavy (non-hydrogen) atoms. The van der Waals surface area contributed by atoms with Crippen LogP contribution in [0.2, 0.25) is 0 Å². The van der Waals surface area contributed by atoms with Crippen molar-refractivity contribution in [2.75, 3.05) is 22.1 Å². The van der Waals surface area contributed by atoms with Crippen molar-refractivity contribution in [3.05, 3.63) is 59.9 Å². The van der Waals surface area contributed by atoms with Crippen LogP contribution in [-0.4, -0.2) is 23.3 Å². The summed E-state index contributed by atoms with van der Waals surface area (Å²) >= 11 is 1.22. The van der Waals surface area contributed by atoms with E-state index in [4.69, 9.17) is 0 Å². The Hall–Kier alpha value is -2.34. The van der Waals surface area contributed by atoms with Gasteiger partial charge in [-0.25, -0.2) is 4.39 Å². The molecule has 0 aliphatic rings. The fourth-order valence-corrected chi connectivity index (χ4v) is 2.60. The highest BCUT2D eigenvalue weighted by Gasteiger charge is 2.07. The molecule has 0 spiro atoms. The van der Waals surface area contributed by atoms with Gasteiger partial charge in [-0.15, -0.1) is 11.8 Å². The van der Waals surface area contributed by atoms with Gasteiger partial charge in [-0.1, -0.05) is 19.1 Å². The molecule has 0 aromatic heterocycles. The van der Waals surface area contributed by atoms with Crippen LogP contribution in [-0.2, 0) is 16.0 Å². The summed E-state index contributed by atoms with van der Waals surface area (Å²) in [7, 11) is 0. The van der Waals surface area contributed by atoms with E-state index in [0.29, 0.717) is 5.69 Å². The van der Waals surface area contributed by atoms with Crippen molar-refractivity contribution in [1.29, 1.82) is 0 Å². The lowest BCUT2D eigenvalue weighted by atomic mass is 10.1. The Morgan fingerprint density at radius 3 is 1.79 bits per heavy atom. The number of carbonyl (C=O) groups is 2. The average Bonchev–Trinajstić information content (AvgIpc) is 2.57. The van der Waals surface area contributed by atoms with E-state index in [1.807, 2.05) is 24.3 Å². The van der Waals surface area contributed by atoms with Crippen LogP contribution in [0.5, 0.6) is 0 Å². The Morgan fingerprint density at radius 2 is 1.33 bits per heavy atom. The minimum Gasteiger partial charge on any atom is -0.325 e. The van der Waals surface area contributed by atoms with E-state index in [9.17, 15) is 14.0 Å². The normalized spacial score (nSPS) is 10.2. The summed E-state index contributed by atoms with van der Waals surface area (Å²) in [6, 6.07) is 13.2. The standard InChI is InChI=1S/C18H19FN2O2S/c1-2-13-3-7-15(8-4-13)20-17(22)11-24-12-18(23)21-16-9-5-14(19)6-10-16/h3-10H,2,11-12H2,1H3,(H,20,22)(H,21,23). The van der Waals surface area contributed by atoms with E-state index in [1.54, 1.807) is 0 Å². The SMILES string of the molecule is CCc1ccc(NC(=O)CSCC(=O)Nc2ccc(F)cc2)cc1. The van der Waals surface area contributed by atoms with Crippen molar-refractivity contribution < 1.29 is 14.0 Å². The number of thioether (sulfide) groups is 1. The Kier molecular flexibility index (Phi) is 6.81. The molecule has 0 heterocycles. The molecule has 0 saturated heterocycles. The van der Waals surface area contributed by atoms with Gasteiger partial charge in [0.2, 0.25) is 11.8 Å². The molecule has 0 saturated carbocycles. The molecular formula is C18H19FN2O2S. The van der Waals surface area contributed by atoms with E-state index in [0.717, 1.165) is 12.1 Å². The van der Waals surface area contributed by atoms with Crippen LogP contribution in [0.1, 0.15) is 12.5 Å². The van der Waals surface area contributed by atoms with E-state index in [-0.39, 0.29) is 29.1 Å². The highest BCUT2D eigenvalue weighted by atomic mass is 32.2. The topological polar surface area (TPSA) is 58.2 Å². The first-order valence-corrected chi connectivity index (χ1v) is 8.74. The number of hydrogen-bond acceptors (Lipinski definition) is 3. The zero-order valence-corrected chi connectivity index (χ0v) is 14.2. The number of halogens is 1. The number of benzene rings is 2. The van der Waals surface area contributed by atoms with Crippen molar-refractivity contribution in [1.82, 2.24) is 0 Å². The number of hydrogen-bond donors (Lipinski definition) is 2. The Balaban J connectivity index is 1.69. The summed E-state index contributed by atoms with van der Waals surface area (Å²) in [5.41, 5.74) is 2.48. The average molecular weight is 346 g/mol. The fourth-order valence-electron chi connectivity index (χ4n) is 1.99. The number of nitrogens with one attached hydrogen (secondary N) is 2. The van der Waals surface area contributed by atoms with Gasteiger partial charge in [-0.2, -0.15) is 0 Å². The summed E-state index contributed by atoms with van der Waals surface area (Å²) in [6.07, 6.45) is 0.952. The highest BCUT2D eigenvalue weighted by Crippen LogP contribution is 2.12. The van der Waals surface area contributed by atoms with Crippen molar-refractivity contribution in [2.45, 2.75) is 13.3 Å². The smallest absolute Gasteiger partial charge is 0.234 e. The van der Waals surface area contributed by atoms with E-state index < -0.39 is 0 Å². The summed E-state index contributed by atoms with van der Waals surface area (Å²) in [5, 5.41) is 5.44. The predicted octanol–water partition coefficient (Wildman–Crippen LogP) is 3.70. The zero-order chi connectivity index (χ0) is 17.4. The van der Waals surface area contributed by atoms with Crippen LogP contribution in [0, 0.1) is 5.82 Å². The van der Waals surface area contributed by atoms with E-state index in [2.05, 4.69) is 17.6 Å². The maximum Gasteiger partial charge on any atom is 0.234 e. The molecule has 0 radical (unpaired) electrons. The lowest BCUT2D eigenvalue weighted by Crippen LogP contribution is -2.18. The third kappa shape index (κ3) is 6.04. The molecule has 2 amide bonds. The summed E-state index contributed by atoms with van der Waals surface area (Å²) in [4.78, 5) is 23.6. The van der Waals surface area contributed by atoms with Gasteiger partial charge in [-0.05, 0) is 48.4 Å². The van der Waals surface area contributed by atoms with Crippen LogP contribution < -0.4 is 10.6 Å². The van der Waals surface area contributed by atoms with Gasteiger partial charge in [0.05, 0.1) is 11.5 Å². The van der Waals surface area contributed by atoms with Gasteiger partial charge in [0.25, 0.3) is 0 Å². The lowest BCUT2D eigenvalue weighted by Gasteiger charge is -2.07. The molecule has 126 valence electrons. The second-order valence-corrected chi connectivity index (χ2v) is 6.13. The first kappa shape index (κ1) is 18.0. The lowest BCUT2D eigenvalue weighted by molar-refractivity contribution is -0.114. The number of anilines is 2. The third-order valence-electron chi connectivity index (χ3n) is 3.24. The van der Waals surface area contributed by atoms with Gasteiger partial charge < -0.3 is 10.6 Å². The van der Waals surface area contributed by atoms with Gasteiger partial charge in [0.1, 0.15) is 5.82 Å². The summed E-state index contributed by atoms with van der Waals surface area (Å²) in [6.45, 7) is 2.07. The third-order valence-corrected chi connectivity index (χ3v) is 4.17. The minimum atomic E-state index is -0.356. The number of aryl methyl sites for hydroxylation is 1. The number of amides is 2. The van der Waals surface area contributed by atoms with Crippen molar-refractivity contribution in [3.63, 3.8) is 0 Å². The summed E-state index contributed by atoms with van der Waals surface area (Å²) in [5.74, 6) is -0.400. The van der Waals surface area contributed by atoms with Gasteiger partial charge in [0.15, 0.2) is 0 Å². The summed E-state index contributed by atoms with van der Waals surface area (Å²) < 4.78 is 12.8. The molecular weight excluding hydrogens is 327 g/mol. The largest absolute Gasteiger partial charge is 0.325 e. The van der Waals surface area contributed by atoms with Crippen LogP contribution >= 0.6 is 11.8 Å². The molecule has 0 aliphatic heterocycles. The van der Waals surface area contributed by atoms with Crippen LogP contribution in [0.25, 0.3) is 0 Å². The minimum absolute atomic E-state index is 0.152. The first-order valence-electron chi connectivity index (χ1n) is 7.59. The van der Waals surface area contributed by atoms with Gasteiger partial charge in [0, 0.05) is 11.4 Å². The Morgan fingerprint density at radius 1 is 0.875 bits per heavy atom. The maximum absolute atomic E-state index is 12.8. The monoisotopic (exact) mass is 346 g/mol. The molecule has 2 aromatic rings. The predicted molar refractivity (Wildman–Crippen MR) is 96.8 cm³/mol. The highest BCUT2D eigenvalue weighted by molar-refractivity contribution is 8.00. The van der Waals surface area contributed by atoms with Crippen molar-refractivity contribution >= 4 is 35.0 Å². The molecule has 0 bridgehead atoms. The molecule has 0 unspecified atom stereocenters. The van der Waals surface area contributed by atoms with Crippen molar-refractivity contribution in [3.8, 4) is 0 Å². The zero-order valence-electron chi connectivity index (χ0n) is 13.3. The molecule has 2 rings (SSSR count). The molecule has 0 aliphatic carbocycles. The second-order valence-electron chi connectivity index (χ2n) is 5.15. The number of carbonyl (C=O) groups excluding carboxylic acids is 2. The maximum atomic E-state index is 12.8. The molecule has 2 N–H and O–H groups in total. The molecule has 4 nitrogen and oxygen atoms in total.